The van der Waals surface area contributed by atoms with Crippen LogP contribution in [0.4, 0.5) is 5.69 Å². The average molecular weight is 418 g/mol. The quantitative estimate of drug-likeness (QED) is 0.680. The van der Waals surface area contributed by atoms with Crippen LogP contribution in [-0.2, 0) is 16.1 Å². The number of fused-ring (bicyclic) bond motifs is 4. The minimum Gasteiger partial charge on any atom is -0.349 e. The number of benzene rings is 1. The van der Waals surface area contributed by atoms with Crippen molar-refractivity contribution in [2.24, 2.45) is 0 Å². The van der Waals surface area contributed by atoms with Gasteiger partial charge in [0.2, 0.25) is 11.8 Å². The fourth-order valence-corrected chi connectivity index (χ4v) is 4.53. The second kappa shape index (κ2) is 7.19. The van der Waals surface area contributed by atoms with Gasteiger partial charge in [-0.2, -0.15) is 0 Å². The lowest BCUT2D eigenvalue weighted by Crippen LogP contribution is -2.62. The van der Waals surface area contributed by atoms with Crippen LogP contribution in [-0.4, -0.2) is 49.4 Å². The molecule has 2 aromatic heterocycles. The largest absolute Gasteiger partial charge is 0.349 e. The lowest BCUT2D eigenvalue weighted by atomic mass is 9.98. The minimum absolute atomic E-state index is 0.00409. The molecule has 0 radical (unpaired) electrons. The molecule has 0 saturated carbocycles. The third-order valence-electron chi connectivity index (χ3n) is 6.14. The van der Waals surface area contributed by atoms with Crippen molar-refractivity contribution < 1.29 is 14.4 Å². The number of hydrogen-bond donors (Lipinski definition) is 1. The summed E-state index contributed by atoms with van der Waals surface area (Å²) >= 11 is 0. The van der Waals surface area contributed by atoms with Crippen LogP contribution in [0.2, 0.25) is 0 Å². The monoisotopic (exact) mass is 418 g/mol. The zero-order valence-corrected chi connectivity index (χ0v) is 17.1. The van der Waals surface area contributed by atoms with E-state index in [1.807, 2.05) is 47.9 Å². The van der Waals surface area contributed by atoms with Crippen molar-refractivity contribution >= 4 is 29.1 Å². The molecular weight excluding hydrogens is 396 g/mol. The van der Waals surface area contributed by atoms with Gasteiger partial charge in [-0.25, -0.2) is 0 Å². The molecule has 9 heteroatoms. The first-order valence-corrected chi connectivity index (χ1v) is 10.3. The van der Waals surface area contributed by atoms with Gasteiger partial charge in [0, 0.05) is 25.6 Å². The highest BCUT2D eigenvalue weighted by molar-refractivity contribution is 6.10. The fraction of sp³-hybridized carbons (Fsp3) is 0.318. The Labute approximate surface area is 178 Å². The van der Waals surface area contributed by atoms with Gasteiger partial charge >= 0.3 is 0 Å². The van der Waals surface area contributed by atoms with Crippen LogP contribution >= 0.6 is 0 Å². The molecule has 0 spiro atoms. The lowest BCUT2D eigenvalue weighted by molar-refractivity contribution is -0.121. The molecule has 2 aliphatic rings. The summed E-state index contributed by atoms with van der Waals surface area (Å²) in [7, 11) is 0. The van der Waals surface area contributed by atoms with Crippen molar-refractivity contribution in [3.63, 3.8) is 0 Å². The van der Waals surface area contributed by atoms with Crippen molar-refractivity contribution in [1.29, 1.82) is 0 Å². The van der Waals surface area contributed by atoms with E-state index in [-0.39, 0.29) is 37.2 Å². The van der Waals surface area contributed by atoms with E-state index in [9.17, 15) is 14.4 Å². The molecule has 0 aliphatic carbocycles. The van der Waals surface area contributed by atoms with Gasteiger partial charge in [0.05, 0.1) is 17.8 Å². The summed E-state index contributed by atoms with van der Waals surface area (Å²) in [5, 5.41) is 11.0. The normalized spacial score (nSPS) is 20.2. The van der Waals surface area contributed by atoms with E-state index in [1.165, 1.54) is 0 Å². The summed E-state index contributed by atoms with van der Waals surface area (Å²) in [6, 6.07) is 12.7. The van der Waals surface area contributed by atoms with E-state index < -0.39 is 5.66 Å². The van der Waals surface area contributed by atoms with Gasteiger partial charge in [-0.05, 0) is 37.6 Å². The number of rotatable bonds is 5. The summed E-state index contributed by atoms with van der Waals surface area (Å²) in [5.74, 6) is 0.279. The third kappa shape index (κ3) is 3.04. The Morgan fingerprint density at radius 1 is 1.13 bits per heavy atom. The minimum atomic E-state index is -0.758. The number of hydrogen-bond acceptors (Lipinski definition) is 5. The van der Waals surface area contributed by atoms with Gasteiger partial charge in [0.25, 0.3) is 5.91 Å². The molecule has 3 amide bonds. The average Bonchev–Trinajstić information content (AvgIpc) is 3.33. The lowest BCUT2D eigenvalue weighted by Gasteiger charge is -2.48. The van der Waals surface area contributed by atoms with Crippen LogP contribution in [0.5, 0.6) is 0 Å². The van der Waals surface area contributed by atoms with Gasteiger partial charge in [-0.1, -0.05) is 18.2 Å². The SMILES string of the molecule is C[C@]12CCC(=O)N1c1ccccc1C(=O)N2CCC(=O)NCc1nnc2ccccn12. The number of para-hydroxylation sites is 1. The Balaban J connectivity index is 1.30. The Kier molecular flexibility index (Phi) is 4.46. The van der Waals surface area contributed by atoms with Crippen LogP contribution in [0.3, 0.4) is 0 Å². The molecule has 1 fully saturated rings. The maximum absolute atomic E-state index is 13.2. The molecule has 1 saturated heterocycles. The first-order valence-electron chi connectivity index (χ1n) is 10.3. The predicted octanol–water partition coefficient (Wildman–Crippen LogP) is 1.73. The molecule has 9 nitrogen and oxygen atoms in total. The second-order valence-corrected chi connectivity index (χ2v) is 7.99. The summed E-state index contributed by atoms with van der Waals surface area (Å²) in [6.45, 7) is 2.36. The molecule has 158 valence electrons. The highest BCUT2D eigenvalue weighted by Gasteiger charge is 2.52. The van der Waals surface area contributed by atoms with Crippen molar-refractivity contribution in [2.75, 3.05) is 11.4 Å². The van der Waals surface area contributed by atoms with Gasteiger partial charge in [-0.3, -0.25) is 23.7 Å². The van der Waals surface area contributed by atoms with E-state index in [4.69, 9.17) is 0 Å². The van der Waals surface area contributed by atoms with E-state index in [2.05, 4.69) is 15.5 Å². The van der Waals surface area contributed by atoms with E-state index in [1.54, 1.807) is 21.9 Å². The summed E-state index contributed by atoms with van der Waals surface area (Å²) in [4.78, 5) is 41.7. The number of amides is 3. The standard InChI is InChI=1S/C22H22N6O3/c1-22-11-9-20(30)28(22)16-7-3-2-6-15(16)21(31)27(22)13-10-19(29)23-14-18-25-24-17-8-4-5-12-26(17)18/h2-8,12H,9-11,13-14H2,1H3,(H,23,29)/t22-/m1/s1. The molecule has 0 bridgehead atoms. The zero-order chi connectivity index (χ0) is 21.6. The molecule has 2 aliphatic heterocycles. The molecule has 0 unspecified atom stereocenters. The second-order valence-electron chi connectivity index (χ2n) is 7.99. The van der Waals surface area contributed by atoms with Crippen molar-refractivity contribution in [3.8, 4) is 0 Å². The summed E-state index contributed by atoms with van der Waals surface area (Å²) in [6.07, 6.45) is 2.88. The maximum atomic E-state index is 13.2. The fourth-order valence-electron chi connectivity index (χ4n) is 4.53. The molecule has 1 N–H and O–H groups in total. The van der Waals surface area contributed by atoms with Crippen LogP contribution in [0.25, 0.3) is 5.65 Å². The first kappa shape index (κ1) is 19.2. The Morgan fingerprint density at radius 3 is 2.81 bits per heavy atom. The van der Waals surface area contributed by atoms with Crippen LogP contribution in [0.1, 0.15) is 42.4 Å². The molecular formula is C22H22N6O3. The Hall–Kier alpha value is -3.75. The van der Waals surface area contributed by atoms with E-state index in [0.29, 0.717) is 35.6 Å². The number of pyridine rings is 1. The van der Waals surface area contributed by atoms with Crippen LogP contribution < -0.4 is 10.2 Å². The van der Waals surface area contributed by atoms with Crippen molar-refractivity contribution in [2.45, 2.75) is 38.4 Å². The number of nitrogens with one attached hydrogen (secondary N) is 1. The topological polar surface area (TPSA) is 99.9 Å². The van der Waals surface area contributed by atoms with Gasteiger partial charge in [-0.15, -0.1) is 10.2 Å². The number of nitrogens with zero attached hydrogens (tertiary/aromatic N) is 5. The van der Waals surface area contributed by atoms with Crippen LogP contribution in [0.15, 0.2) is 48.7 Å². The predicted molar refractivity (Wildman–Crippen MR) is 112 cm³/mol. The van der Waals surface area contributed by atoms with Crippen molar-refractivity contribution in [1.82, 2.24) is 24.8 Å². The Morgan fingerprint density at radius 2 is 1.94 bits per heavy atom. The number of anilines is 1. The number of carbonyl (C=O) groups is 3. The highest BCUT2D eigenvalue weighted by atomic mass is 16.2. The van der Waals surface area contributed by atoms with E-state index in [0.717, 1.165) is 0 Å². The number of aromatic nitrogens is 3. The van der Waals surface area contributed by atoms with Gasteiger partial charge in [0.1, 0.15) is 5.66 Å². The van der Waals surface area contributed by atoms with Gasteiger partial charge in [0.15, 0.2) is 11.5 Å². The smallest absolute Gasteiger partial charge is 0.257 e. The van der Waals surface area contributed by atoms with Crippen molar-refractivity contribution in [3.05, 3.63) is 60.0 Å². The van der Waals surface area contributed by atoms with E-state index >= 15 is 0 Å². The van der Waals surface area contributed by atoms with Gasteiger partial charge < -0.3 is 10.2 Å². The molecule has 3 aromatic rings. The third-order valence-corrected chi connectivity index (χ3v) is 6.14. The molecule has 1 atom stereocenters. The molecule has 31 heavy (non-hydrogen) atoms. The maximum Gasteiger partial charge on any atom is 0.257 e. The molecule has 4 heterocycles. The summed E-state index contributed by atoms with van der Waals surface area (Å²) < 4.78 is 1.81. The zero-order valence-electron chi connectivity index (χ0n) is 17.1. The summed E-state index contributed by atoms with van der Waals surface area (Å²) in [5.41, 5.74) is 1.09. The highest BCUT2D eigenvalue weighted by Crippen LogP contribution is 2.43. The first-order chi connectivity index (χ1) is 15.0. The molecule has 5 rings (SSSR count). The molecule has 1 aromatic carbocycles. The number of carbonyl (C=O) groups excluding carboxylic acids is 3. The van der Waals surface area contributed by atoms with Crippen LogP contribution in [0, 0.1) is 0 Å². The Bertz CT molecular complexity index is 1200.